The summed E-state index contributed by atoms with van der Waals surface area (Å²) in [6, 6.07) is 0. The molecule has 0 radical (unpaired) electrons. The Kier molecular flexibility index (Phi) is 2.04. The molecule has 0 aromatic carbocycles. The lowest BCUT2D eigenvalue weighted by molar-refractivity contribution is 0.0782. The number of aromatic nitrogens is 1. The van der Waals surface area contributed by atoms with E-state index >= 15 is 0 Å². The van der Waals surface area contributed by atoms with E-state index in [1.165, 1.54) is 12.7 Å². The molecule has 1 aromatic rings. The number of amides is 1. The molecule has 2 heterocycles. The summed E-state index contributed by atoms with van der Waals surface area (Å²) in [5, 5.41) is 0. The van der Waals surface area contributed by atoms with Crippen LogP contribution in [-0.4, -0.2) is 28.9 Å². The van der Waals surface area contributed by atoms with Crippen LogP contribution >= 0.6 is 0 Å². The maximum atomic E-state index is 11.7. The molecule has 1 aliphatic heterocycles. The summed E-state index contributed by atoms with van der Waals surface area (Å²) in [5.74, 6) is 0.592. The lowest BCUT2D eigenvalue weighted by atomic mass is 10.2. The number of nitrogens with zero attached hydrogens (tertiary/aromatic N) is 2. The summed E-state index contributed by atoms with van der Waals surface area (Å²) >= 11 is 0. The predicted octanol–water partition coefficient (Wildman–Crippen LogP) is 1.16. The molecule has 1 amide bonds. The second-order valence-electron chi connectivity index (χ2n) is 3.52. The third kappa shape index (κ3) is 1.56. The fraction of sp³-hybridized carbons (Fsp3) is 0.556. The first-order valence-corrected chi connectivity index (χ1v) is 4.45. The molecule has 0 spiro atoms. The van der Waals surface area contributed by atoms with Gasteiger partial charge in [0.2, 0.25) is 0 Å². The van der Waals surface area contributed by atoms with Crippen LogP contribution in [0.3, 0.4) is 0 Å². The minimum absolute atomic E-state index is 0.0156. The largest absolute Gasteiger partial charge is 0.451 e. The summed E-state index contributed by atoms with van der Waals surface area (Å²) in [6.45, 7) is 3.83. The number of carbonyl (C=O) groups excluding carboxylic acids is 1. The molecule has 1 aliphatic rings. The fourth-order valence-electron chi connectivity index (χ4n) is 1.60. The topological polar surface area (TPSA) is 46.3 Å². The van der Waals surface area contributed by atoms with Crippen LogP contribution in [0.25, 0.3) is 0 Å². The lowest BCUT2D eigenvalue weighted by Gasteiger charge is -2.13. The van der Waals surface area contributed by atoms with Crippen LogP contribution in [0.15, 0.2) is 17.1 Å². The van der Waals surface area contributed by atoms with E-state index < -0.39 is 0 Å². The molecule has 0 aliphatic carbocycles. The molecule has 70 valence electrons. The van der Waals surface area contributed by atoms with E-state index in [0.717, 1.165) is 19.5 Å². The highest BCUT2D eigenvalue weighted by Gasteiger charge is 2.25. The molecule has 1 unspecified atom stereocenters. The van der Waals surface area contributed by atoms with Crippen molar-refractivity contribution >= 4 is 5.91 Å². The van der Waals surface area contributed by atoms with Gasteiger partial charge in [-0.2, -0.15) is 0 Å². The summed E-state index contributed by atoms with van der Waals surface area (Å²) in [4.78, 5) is 17.3. The Labute approximate surface area is 76.6 Å². The Morgan fingerprint density at radius 3 is 3.15 bits per heavy atom. The SMILES string of the molecule is CC1CCN(C(=O)c2cocn2)C1. The summed E-state index contributed by atoms with van der Waals surface area (Å²) < 4.78 is 4.76. The van der Waals surface area contributed by atoms with E-state index in [0.29, 0.717) is 11.6 Å². The van der Waals surface area contributed by atoms with Gasteiger partial charge in [0.25, 0.3) is 5.91 Å². The van der Waals surface area contributed by atoms with Gasteiger partial charge in [-0.1, -0.05) is 6.92 Å². The third-order valence-corrected chi connectivity index (χ3v) is 2.36. The molecule has 2 rings (SSSR count). The predicted molar refractivity (Wildman–Crippen MR) is 46.2 cm³/mol. The zero-order chi connectivity index (χ0) is 9.26. The van der Waals surface area contributed by atoms with Crippen LogP contribution in [0.4, 0.5) is 0 Å². The average Bonchev–Trinajstić information content (AvgIpc) is 2.72. The monoisotopic (exact) mass is 180 g/mol. The van der Waals surface area contributed by atoms with Crippen LogP contribution < -0.4 is 0 Å². The van der Waals surface area contributed by atoms with E-state index in [-0.39, 0.29) is 5.91 Å². The second kappa shape index (κ2) is 3.20. The van der Waals surface area contributed by atoms with Gasteiger partial charge >= 0.3 is 0 Å². The molecule has 0 N–H and O–H groups in total. The van der Waals surface area contributed by atoms with Crippen LogP contribution in [0.2, 0.25) is 0 Å². The average molecular weight is 180 g/mol. The molecule has 0 bridgehead atoms. The zero-order valence-electron chi connectivity index (χ0n) is 7.56. The Hall–Kier alpha value is -1.32. The Bertz CT molecular complexity index is 295. The van der Waals surface area contributed by atoms with Gasteiger partial charge in [0.15, 0.2) is 12.1 Å². The van der Waals surface area contributed by atoms with Crippen molar-refractivity contribution in [1.29, 1.82) is 0 Å². The Balaban J connectivity index is 2.06. The van der Waals surface area contributed by atoms with Crippen molar-refractivity contribution in [1.82, 2.24) is 9.88 Å². The molecule has 1 atom stereocenters. The van der Waals surface area contributed by atoms with Gasteiger partial charge in [-0.05, 0) is 12.3 Å². The molecule has 1 saturated heterocycles. The van der Waals surface area contributed by atoms with Crippen molar-refractivity contribution in [3.8, 4) is 0 Å². The smallest absolute Gasteiger partial charge is 0.275 e. The van der Waals surface area contributed by atoms with Gasteiger partial charge in [-0.3, -0.25) is 4.79 Å². The van der Waals surface area contributed by atoms with Gasteiger partial charge < -0.3 is 9.32 Å². The minimum atomic E-state index is -0.0156. The quantitative estimate of drug-likeness (QED) is 0.651. The van der Waals surface area contributed by atoms with E-state index in [1.54, 1.807) is 0 Å². The van der Waals surface area contributed by atoms with Crippen molar-refractivity contribution in [2.45, 2.75) is 13.3 Å². The van der Waals surface area contributed by atoms with Gasteiger partial charge in [0, 0.05) is 13.1 Å². The van der Waals surface area contributed by atoms with Crippen LogP contribution in [0.5, 0.6) is 0 Å². The molecule has 4 nitrogen and oxygen atoms in total. The molecule has 1 fully saturated rings. The van der Waals surface area contributed by atoms with E-state index in [9.17, 15) is 4.79 Å². The standard InChI is InChI=1S/C9H12N2O2/c1-7-2-3-11(4-7)9(12)8-5-13-6-10-8/h5-7H,2-4H2,1H3. The van der Waals surface area contributed by atoms with Crippen molar-refractivity contribution in [2.75, 3.05) is 13.1 Å². The highest BCUT2D eigenvalue weighted by molar-refractivity contribution is 5.92. The van der Waals surface area contributed by atoms with E-state index in [4.69, 9.17) is 4.42 Å². The van der Waals surface area contributed by atoms with Crippen molar-refractivity contribution in [3.05, 3.63) is 18.4 Å². The van der Waals surface area contributed by atoms with Crippen LogP contribution in [0.1, 0.15) is 23.8 Å². The maximum Gasteiger partial charge on any atom is 0.275 e. The molecule has 0 saturated carbocycles. The Morgan fingerprint density at radius 2 is 2.62 bits per heavy atom. The van der Waals surface area contributed by atoms with E-state index in [2.05, 4.69) is 11.9 Å². The number of hydrogen-bond donors (Lipinski definition) is 0. The first-order chi connectivity index (χ1) is 6.27. The molecule has 13 heavy (non-hydrogen) atoms. The summed E-state index contributed by atoms with van der Waals surface area (Å²) in [5.41, 5.74) is 0.411. The highest BCUT2D eigenvalue weighted by Crippen LogP contribution is 2.16. The third-order valence-electron chi connectivity index (χ3n) is 2.36. The Morgan fingerprint density at radius 1 is 1.77 bits per heavy atom. The lowest BCUT2D eigenvalue weighted by Crippen LogP contribution is -2.28. The molecular formula is C9H12N2O2. The van der Waals surface area contributed by atoms with E-state index in [1.807, 2.05) is 4.90 Å². The second-order valence-corrected chi connectivity index (χ2v) is 3.52. The number of oxazole rings is 1. The van der Waals surface area contributed by atoms with Crippen molar-refractivity contribution < 1.29 is 9.21 Å². The maximum absolute atomic E-state index is 11.7. The summed E-state index contributed by atoms with van der Waals surface area (Å²) in [6.07, 6.45) is 3.77. The van der Waals surface area contributed by atoms with Crippen molar-refractivity contribution in [2.24, 2.45) is 5.92 Å². The number of likely N-dealkylation sites (tertiary alicyclic amines) is 1. The molecule has 4 heteroatoms. The minimum Gasteiger partial charge on any atom is -0.451 e. The highest BCUT2D eigenvalue weighted by atomic mass is 16.3. The first-order valence-electron chi connectivity index (χ1n) is 4.45. The molecule has 1 aromatic heterocycles. The number of carbonyl (C=O) groups is 1. The summed E-state index contributed by atoms with van der Waals surface area (Å²) in [7, 11) is 0. The zero-order valence-corrected chi connectivity index (χ0v) is 7.56. The van der Waals surface area contributed by atoms with Gasteiger partial charge in [-0.25, -0.2) is 4.98 Å². The number of hydrogen-bond acceptors (Lipinski definition) is 3. The van der Waals surface area contributed by atoms with Crippen molar-refractivity contribution in [3.63, 3.8) is 0 Å². The normalized spacial score (nSPS) is 22.2. The van der Waals surface area contributed by atoms with Gasteiger partial charge in [0.05, 0.1) is 0 Å². The fourth-order valence-corrected chi connectivity index (χ4v) is 1.60. The molecular weight excluding hydrogens is 168 g/mol. The number of rotatable bonds is 1. The first kappa shape index (κ1) is 8.29. The van der Waals surface area contributed by atoms with Gasteiger partial charge in [-0.15, -0.1) is 0 Å². The van der Waals surface area contributed by atoms with Crippen LogP contribution in [-0.2, 0) is 0 Å². The van der Waals surface area contributed by atoms with Gasteiger partial charge in [0.1, 0.15) is 6.26 Å². The van der Waals surface area contributed by atoms with Crippen LogP contribution in [0, 0.1) is 5.92 Å².